The van der Waals surface area contributed by atoms with Crippen LogP contribution in [0.1, 0.15) is 32.8 Å². The number of likely N-dealkylation sites (tertiary alicyclic amines) is 1. The van der Waals surface area contributed by atoms with E-state index in [9.17, 15) is 4.79 Å². The lowest BCUT2D eigenvalue weighted by Gasteiger charge is -2.28. The Morgan fingerprint density at radius 2 is 1.95 bits per heavy atom. The van der Waals surface area contributed by atoms with E-state index < -0.39 is 5.60 Å². The Balaban J connectivity index is 1.58. The molecule has 4 nitrogen and oxygen atoms in total. The van der Waals surface area contributed by atoms with Crippen LogP contribution in [-0.4, -0.2) is 34.8 Å². The zero-order valence-corrected chi connectivity index (χ0v) is 13.4. The summed E-state index contributed by atoms with van der Waals surface area (Å²) in [4.78, 5) is 14.1. The van der Waals surface area contributed by atoms with Gasteiger partial charge in [-0.05, 0) is 26.3 Å². The second kappa shape index (κ2) is 5.43. The van der Waals surface area contributed by atoms with Crippen molar-refractivity contribution in [1.29, 1.82) is 0 Å². The predicted octanol–water partition coefficient (Wildman–Crippen LogP) is 3.52. The standard InChI is InChI=1S/C18H23NO3/c1-17(2,3)22-16(20)19-12-15(11-18(19)9-10-18)21-13-14-7-5-4-6-8-14/h4-10,15H,11-13H2,1-3H3/t15-/m0/s1. The molecule has 0 aromatic heterocycles. The third-order valence-electron chi connectivity index (χ3n) is 3.94. The van der Waals surface area contributed by atoms with Crippen LogP contribution in [0.5, 0.6) is 0 Å². The van der Waals surface area contributed by atoms with Crippen LogP contribution in [0, 0.1) is 0 Å². The van der Waals surface area contributed by atoms with Gasteiger partial charge in [-0.1, -0.05) is 42.5 Å². The molecule has 0 bridgehead atoms. The van der Waals surface area contributed by atoms with Crippen molar-refractivity contribution in [1.82, 2.24) is 4.90 Å². The number of nitrogens with zero attached hydrogens (tertiary/aromatic N) is 1. The third-order valence-corrected chi connectivity index (χ3v) is 3.94. The number of hydrogen-bond donors (Lipinski definition) is 0. The average molecular weight is 301 g/mol. The maximum absolute atomic E-state index is 12.3. The van der Waals surface area contributed by atoms with Gasteiger partial charge in [-0.3, -0.25) is 4.90 Å². The van der Waals surface area contributed by atoms with Crippen LogP contribution in [0.2, 0.25) is 0 Å². The van der Waals surface area contributed by atoms with Gasteiger partial charge in [-0.25, -0.2) is 4.79 Å². The monoisotopic (exact) mass is 301 g/mol. The van der Waals surface area contributed by atoms with Crippen molar-refractivity contribution in [3.63, 3.8) is 0 Å². The number of ether oxygens (including phenoxy) is 2. The van der Waals surface area contributed by atoms with Crippen molar-refractivity contribution in [2.75, 3.05) is 6.54 Å². The molecule has 1 aromatic carbocycles. The Morgan fingerprint density at radius 3 is 2.55 bits per heavy atom. The molecule has 3 rings (SSSR count). The van der Waals surface area contributed by atoms with E-state index in [-0.39, 0.29) is 17.7 Å². The molecule has 1 amide bonds. The van der Waals surface area contributed by atoms with Gasteiger partial charge in [-0.2, -0.15) is 0 Å². The fourth-order valence-corrected chi connectivity index (χ4v) is 2.79. The first-order chi connectivity index (χ1) is 10.4. The van der Waals surface area contributed by atoms with E-state index in [0.717, 1.165) is 12.0 Å². The molecule has 0 radical (unpaired) electrons. The summed E-state index contributed by atoms with van der Waals surface area (Å²) < 4.78 is 11.5. The van der Waals surface area contributed by atoms with Crippen LogP contribution < -0.4 is 0 Å². The summed E-state index contributed by atoms with van der Waals surface area (Å²) in [6.07, 6.45) is 4.72. The van der Waals surface area contributed by atoms with Crippen molar-refractivity contribution in [2.45, 2.75) is 51.0 Å². The molecule has 0 N–H and O–H groups in total. The van der Waals surface area contributed by atoms with Gasteiger partial charge in [-0.15, -0.1) is 0 Å². The van der Waals surface area contributed by atoms with Gasteiger partial charge < -0.3 is 9.47 Å². The summed E-state index contributed by atoms with van der Waals surface area (Å²) in [5, 5.41) is 0. The molecule has 1 fully saturated rings. The number of carbonyl (C=O) groups is 1. The molecule has 4 heteroatoms. The van der Waals surface area contributed by atoms with Gasteiger partial charge in [0.15, 0.2) is 0 Å². The van der Waals surface area contributed by atoms with Crippen LogP contribution in [-0.2, 0) is 16.1 Å². The topological polar surface area (TPSA) is 38.8 Å². The van der Waals surface area contributed by atoms with E-state index in [2.05, 4.69) is 12.2 Å². The molecular formula is C18H23NO3. The lowest BCUT2D eigenvalue weighted by molar-refractivity contribution is 0.0149. The lowest BCUT2D eigenvalue weighted by atomic mass is 10.1. The van der Waals surface area contributed by atoms with Crippen molar-refractivity contribution >= 4 is 6.09 Å². The highest BCUT2D eigenvalue weighted by molar-refractivity contribution is 5.72. The molecule has 1 heterocycles. The van der Waals surface area contributed by atoms with E-state index in [0.29, 0.717) is 13.2 Å². The minimum absolute atomic E-state index is 0.0442. The van der Waals surface area contributed by atoms with Crippen molar-refractivity contribution in [3.05, 3.63) is 48.0 Å². The quantitative estimate of drug-likeness (QED) is 0.802. The van der Waals surface area contributed by atoms with Gasteiger partial charge in [0.2, 0.25) is 0 Å². The molecule has 1 saturated heterocycles. The molecular weight excluding hydrogens is 278 g/mol. The molecule has 2 aliphatic rings. The van der Waals surface area contributed by atoms with Crippen LogP contribution in [0.15, 0.2) is 42.5 Å². The number of benzene rings is 1. The Labute approximate surface area is 131 Å². The van der Waals surface area contributed by atoms with E-state index in [1.54, 1.807) is 4.90 Å². The van der Waals surface area contributed by atoms with Gasteiger partial charge in [0, 0.05) is 6.42 Å². The number of carbonyl (C=O) groups excluding carboxylic acids is 1. The van der Waals surface area contributed by atoms with E-state index in [1.807, 2.05) is 51.1 Å². The Kier molecular flexibility index (Phi) is 3.73. The summed E-state index contributed by atoms with van der Waals surface area (Å²) in [5.74, 6) is 0. The van der Waals surface area contributed by atoms with Crippen LogP contribution >= 0.6 is 0 Å². The normalized spacial score (nSPS) is 22.1. The summed E-state index contributed by atoms with van der Waals surface area (Å²) in [7, 11) is 0. The fourth-order valence-electron chi connectivity index (χ4n) is 2.79. The first-order valence-electron chi connectivity index (χ1n) is 7.75. The van der Waals surface area contributed by atoms with Crippen molar-refractivity contribution in [2.24, 2.45) is 0 Å². The number of amides is 1. The summed E-state index contributed by atoms with van der Waals surface area (Å²) in [6, 6.07) is 10.1. The van der Waals surface area contributed by atoms with Crippen LogP contribution in [0.25, 0.3) is 0 Å². The summed E-state index contributed by atoms with van der Waals surface area (Å²) in [5.41, 5.74) is 0.427. The summed E-state index contributed by atoms with van der Waals surface area (Å²) in [6.45, 7) is 6.81. The van der Waals surface area contributed by atoms with Gasteiger partial charge in [0.25, 0.3) is 0 Å². The molecule has 1 aromatic rings. The van der Waals surface area contributed by atoms with Crippen molar-refractivity contribution < 1.29 is 14.3 Å². The first-order valence-corrected chi connectivity index (χ1v) is 7.75. The second-order valence-corrected chi connectivity index (χ2v) is 7.04. The maximum Gasteiger partial charge on any atom is 0.411 e. The Hall–Kier alpha value is -1.81. The predicted molar refractivity (Wildman–Crippen MR) is 84.4 cm³/mol. The van der Waals surface area contributed by atoms with E-state index in [4.69, 9.17) is 9.47 Å². The number of hydrogen-bond acceptors (Lipinski definition) is 3. The molecule has 1 spiro atoms. The van der Waals surface area contributed by atoms with E-state index in [1.165, 1.54) is 0 Å². The SMILES string of the molecule is CC(C)(C)OC(=O)N1C[C@@H](OCc2ccccc2)CC12C=C2. The van der Waals surface area contributed by atoms with E-state index >= 15 is 0 Å². The van der Waals surface area contributed by atoms with Gasteiger partial charge >= 0.3 is 6.09 Å². The van der Waals surface area contributed by atoms with Crippen LogP contribution in [0.3, 0.4) is 0 Å². The summed E-state index contributed by atoms with van der Waals surface area (Å²) >= 11 is 0. The Bertz CT molecular complexity index is 568. The molecule has 1 aliphatic carbocycles. The lowest BCUT2D eigenvalue weighted by Crippen LogP contribution is -2.42. The number of rotatable bonds is 3. The highest BCUT2D eigenvalue weighted by Crippen LogP contribution is 2.43. The zero-order valence-electron chi connectivity index (χ0n) is 13.4. The fraction of sp³-hybridized carbons (Fsp3) is 0.500. The first kappa shape index (κ1) is 15.1. The molecule has 0 unspecified atom stereocenters. The molecule has 1 aliphatic heterocycles. The largest absolute Gasteiger partial charge is 0.444 e. The molecule has 118 valence electrons. The highest BCUT2D eigenvalue weighted by atomic mass is 16.6. The minimum Gasteiger partial charge on any atom is -0.444 e. The molecule has 22 heavy (non-hydrogen) atoms. The zero-order chi connectivity index (χ0) is 15.8. The third kappa shape index (κ3) is 3.33. The average Bonchev–Trinajstić information content (AvgIpc) is 3.10. The minimum atomic E-state index is -0.476. The van der Waals surface area contributed by atoms with Gasteiger partial charge in [0.05, 0.1) is 24.8 Å². The van der Waals surface area contributed by atoms with Crippen LogP contribution in [0.4, 0.5) is 4.79 Å². The van der Waals surface area contributed by atoms with Gasteiger partial charge in [0.1, 0.15) is 5.60 Å². The maximum atomic E-state index is 12.3. The second-order valence-electron chi connectivity index (χ2n) is 7.04. The molecule has 0 saturated carbocycles. The van der Waals surface area contributed by atoms with Crippen molar-refractivity contribution in [3.8, 4) is 0 Å². The Morgan fingerprint density at radius 1 is 1.27 bits per heavy atom. The smallest absolute Gasteiger partial charge is 0.411 e. The molecule has 1 atom stereocenters. The highest BCUT2D eigenvalue weighted by Gasteiger charge is 2.52.